The molecule has 1 N–H and O–H groups in total. The van der Waals surface area contributed by atoms with E-state index in [1.165, 1.54) is 0 Å². The molecular weight excluding hydrogens is 458 g/mol. The smallest absolute Gasteiger partial charge is 0.338 e. The summed E-state index contributed by atoms with van der Waals surface area (Å²) in [6.45, 7) is 3.78. The van der Waals surface area contributed by atoms with E-state index in [0.717, 1.165) is 27.0 Å². The summed E-state index contributed by atoms with van der Waals surface area (Å²) in [4.78, 5) is 33.5. The first-order chi connectivity index (χ1) is 16.0. The van der Waals surface area contributed by atoms with Crippen LogP contribution in [0.2, 0.25) is 0 Å². The van der Waals surface area contributed by atoms with Crippen LogP contribution in [0.3, 0.4) is 0 Å². The van der Waals surface area contributed by atoms with E-state index in [0.29, 0.717) is 23.6 Å². The van der Waals surface area contributed by atoms with Crippen molar-refractivity contribution in [1.29, 1.82) is 0 Å². The number of benzene rings is 2. The molecule has 0 aliphatic rings. The Hall–Kier alpha value is -3.56. The fourth-order valence-electron chi connectivity index (χ4n) is 3.01. The minimum absolute atomic E-state index is 0.302. The molecule has 0 spiro atoms. The van der Waals surface area contributed by atoms with Gasteiger partial charge in [0.1, 0.15) is 12.4 Å². The van der Waals surface area contributed by atoms with Crippen LogP contribution in [0.5, 0.6) is 5.75 Å². The second-order valence-electron chi connectivity index (χ2n) is 7.13. The van der Waals surface area contributed by atoms with Crippen LogP contribution in [0, 0.1) is 13.8 Å². The van der Waals surface area contributed by atoms with Crippen molar-refractivity contribution in [2.75, 3.05) is 11.9 Å². The lowest BCUT2D eigenvalue weighted by atomic mass is 10.1. The number of carbonyl (C=O) groups is 2. The number of carbonyl (C=O) groups excluding carboxylic acids is 2. The van der Waals surface area contributed by atoms with Crippen LogP contribution in [0.1, 0.15) is 26.1 Å². The molecule has 33 heavy (non-hydrogen) atoms. The van der Waals surface area contributed by atoms with Crippen LogP contribution in [-0.2, 0) is 16.1 Å². The van der Waals surface area contributed by atoms with E-state index in [-0.39, 0.29) is 0 Å². The molecule has 1 amide bonds. The Morgan fingerprint density at radius 1 is 0.970 bits per heavy atom. The number of rotatable bonds is 8. The summed E-state index contributed by atoms with van der Waals surface area (Å²) in [6.07, 6.45) is 0. The lowest BCUT2D eigenvalue weighted by Crippen LogP contribution is -2.21. The number of nitrogens with zero attached hydrogens (tertiary/aromatic N) is 2. The molecule has 0 aliphatic carbocycles. The first-order valence-corrected chi connectivity index (χ1v) is 11.9. The van der Waals surface area contributed by atoms with Gasteiger partial charge in [-0.25, -0.2) is 14.8 Å². The van der Waals surface area contributed by atoms with Crippen LogP contribution in [-0.4, -0.2) is 28.5 Å². The average Bonchev–Trinajstić information content (AvgIpc) is 3.44. The normalized spacial score (nSPS) is 10.6. The van der Waals surface area contributed by atoms with E-state index in [1.54, 1.807) is 53.0 Å². The standard InChI is InChI=1S/C24H21N3O4S2/c1-15-25-20(13-32-15)11-30-21-8-4-6-18(10-21)24(29)31-12-23(28)27-19-7-3-5-17(9-19)22-14-33-16(2)26-22/h3-10,13-14H,11-12H2,1-2H3,(H,27,28). The van der Waals surface area contributed by atoms with Crippen molar-refractivity contribution in [2.45, 2.75) is 20.5 Å². The molecule has 0 fully saturated rings. The Morgan fingerprint density at radius 2 is 1.76 bits per heavy atom. The van der Waals surface area contributed by atoms with Gasteiger partial charge in [0.25, 0.3) is 5.91 Å². The van der Waals surface area contributed by atoms with Crippen LogP contribution in [0.15, 0.2) is 59.3 Å². The second kappa shape index (κ2) is 10.4. The summed E-state index contributed by atoms with van der Waals surface area (Å²) in [5.41, 5.74) is 3.49. The molecule has 2 aromatic carbocycles. The molecule has 4 aromatic rings. The van der Waals surface area contributed by atoms with E-state index in [1.807, 2.05) is 42.8 Å². The Bertz CT molecular complexity index is 1280. The van der Waals surface area contributed by atoms with Crippen molar-refractivity contribution in [1.82, 2.24) is 9.97 Å². The lowest BCUT2D eigenvalue weighted by molar-refractivity contribution is -0.119. The maximum absolute atomic E-state index is 12.4. The zero-order valence-corrected chi connectivity index (χ0v) is 19.7. The largest absolute Gasteiger partial charge is 0.487 e. The van der Waals surface area contributed by atoms with Crippen molar-refractivity contribution in [3.05, 3.63) is 80.6 Å². The van der Waals surface area contributed by atoms with Gasteiger partial charge in [0.2, 0.25) is 0 Å². The number of anilines is 1. The number of nitrogens with one attached hydrogen (secondary N) is 1. The van der Waals surface area contributed by atoms with E-state index in [2.05, 4.69) is 15.3 Å². The number of thiazole rings is 2. The van der Waals surface area contributed by atoms with Crippen molar-refractivity contribution in [3.8, 4) is 17.0 Å². The molecular formula is C24H21N3O4S2. The van der Waals surface area contributed by atoms with Crippen LogP contribution in [0.4, 0.5) is 5.69 Å². The molecule has 0 saturated heterocycles. The summed E-state index contributed by atoms with van der Waals surface area (Å²) >= 11 is 3.12. The minimum atomic E-state index is -0.605. The predicted molar refractivity (Wildman–Crippen MR) is 129 cm³/mol. The van der Waals surface area contributed by atoms with Gasteiger partial charge >= 0.3 is 5.97 Å². The molecule has 168 valence electrons. The molecule has 2 aromatic heterocycles. The Balaban J connectivity index is 1.30. The summed E-state index contributed by atoms with van der Waals surface area (Å²) < 4.78 is 10.9. The highest BCUT2D eigenvalue weighted by atomic mass is 32.1. The number of amides is 1. The third-order valence-corrected chi connectivity index (χ3v) is 6.11. The van der Waals surface area contributed by atoms with Crippen molar-refractivity contribution in [3.63, 3.8) is 0 Å². The Labute approximate surface area is 199 Å². The molecule has 0 unspecified atom stereocenters. The Morgan fingerprint density at radius 3 is 2.52 bits per heavy atom. The molecule has 0 bridgehead atoms. The fraction of sp³-hybridized carbons (Fsp3) is 0.167. The SMILES string of the molecule is Cc1nc(COc2cccc(C(=O)OCC(=O)Nc3cccc(-c4csc(C)n4)c3)c2)cs1. The van der Waals surface area contributed by atoms with Gasteiger partial charge in [-0.3, -0.25) is 4.79 Å². The molecule has 4 rings (SSSR count). The zero-order valence-electron chi connectivity index (χ0n) is 18.0. The highest BCUT2D eigenvalue weighted by Gasteiger charge is 2.12. The third kappa shape index (κ3) is 6.24. The molecule has 9 heteroatoms. The first kappa shape index (κ1) is 22.6. The monoisotopic (exact) mass is 479 g/mol. The number of hydrogen-bond donors (Lipinski definition) is 1. The molecule has 2 heterocycles. The number of aromatic nitrogens is 2. The fourth-order valence-corrected chi connectivity index (χ4v) is 4.23. The van der Waals surface area contributed by atoms with Crippen LogP contribution >= 0.6 is 22.7 Å². The van der Waals surface area contributed by atoms with Gasteiger partial charge in [-0.2, -0.15) is 0 Å². The van der Waals surface area contributed by atoms with Gasteiger partial charge in [-0.15, -0.1) is 22.7 Å². The van der Waals surface area contributed by atoms with E-state index < -0.39 is 18.5 Å². The van der Waals surface area contributed by atoms with Gasteiger partial charge in [0.15, 0.2) is 6.61 Å². The molecule has 0 aliphatic heterocycles. The Kier molecular flexibility index (Phi) is 7.11. The topological polar surface area (TPSA) is 90.4 Å². The highest BCUT2D eigenvalue weighted by Crippen LogP contribution is 2.24. The van der Waals surface area contributed by atoms with E-state index >= 15 is 0 Å². The minimum Gasteiger partial charge on any atom is -0.487 e. The number of esters is 1. The van der Waals surface area contributed by atoms with Crippen molar-refractivity contribution < 1.29 is 19.1 Å². The average molecular weight is 480 g/mol. The maximum Gasteiger partial charge on any atom is 0.338 e. The van der Waals surface area contributed by atoms with E-state index in [9.17, 15) is 9.59 Å². The number of hydrogen-bond acceptors (Lipinski definition) is 8. The van der Waals surface area contributed by atoms with Gasteiger partial charge in [0.05, 0.1) is 27.0 Å². The predicted octanol–water partition coefficient (Wildman–Crippen LogP) is 5.26. The summed E-state index contributed by atoms with van der Waals surface area (Å²) in [6, 6.07) is 14.0. The lowest BCUT2D eigenvalue weighted by Gasteiger charge is -2.09. The zero-order chi connectivity index (χ0) is 23.2. The van der Waals surface area contributed by atoms with Gasteiger partial charge in [-0.1, -0.05) is 18.2 Å². The number of ether oxygens (including phenoxy) is 2. The maximum atomic E-state index is 12.4. The van der Waals surface area contributed by atoms with Gasteiger partial charge in [0, 0.05) is 22.0 Å². The third-order valence-electron chi connectivity index (χ3n) is 4.52. The summed E-state index contributed by atoms with van der Waals surface area (Å²) in [5, 5.41) is 8.58. The van der Waals surface area contributed by atoms with Crippen molar-refractivity contribution in [2.24, 2.45) is 0 Å². The van der Waals surface area contributed by atoms with Crippen LogP contribution < -0.4 is 10.1 Å². The van der Waals surface area contributed by atoms with E-state index in [4.69, 9.17) is 9.47 Å². The highest BCUT2D eigenvalue weighted by molar-refractivity contribution is 7.10. The first-order valence-electron chi connectivity index (χ1n) is 10.1. The molecule has 0 atom stereocenters. The molecule has 0 saturated carbocycles. The van der Waals surface area contributed by atoms with Crippen molar-refractivity contribution >= 4 is 40.2 Å². The molecule has 7 nitrogen and oxygen atoms in total. The second-order valence-corrected chi connectivity index (χ2v) is 9.26. The number of aryl methyl sites for hydroxylation is 2. The van der Waals surface area contributed by atoms with Gasteiger partial charge < -0.3 is 14.8 Å². The van der Waals surface area contributed by atoms with Crippen LogP contribution in [0.25, 0.3) is 11.3 Å². The quantitative estimate of drug-likeness (QED) is 0.347. The summed E-state index contributed by atoms with van der Waals surface area (Å²) in [5.74, 6) is -0.512. The molecule has 0 radical (unpaired) electrons. The summed E-state index contributed by atoms with van der Waals surface area (Å²) in [7, 11) is 0. The van der Waals surface area contributed by atoms with Gasteiger partial charge in [-0.05, 0) is 44.2 Å².